The van der Waals surface area contributed by atoms with Crippen LogP contribution in [0.2, 0.25) is 0 Å². The first-order chi connectivity index (χ1) is 12.0. The molecule has 1 aromatic heterocycles. The van der Waals surface area contributed by atoms with Gasteiger partial charge in [0.1, 0.15) is 11.6 Å². The molecule has 2 aliphatic rings. The minimum Gasteiger partial charge on any atom is -0.392 e. The Hall–Kier alpha value is -1.72. The van der Waals surface area contributed by atoms with Crippen molar-refractivity contribution in [1.29, 1.82) is 0 Å². The van der Waals surface area contributed by atoms with Gasteiger partial charge in [0.05, 0.1) is 11.6 Å². The molecular weight excluding hydrogens is 317 g/mol. The number of aromatic nitrogens is 1. The summed E-state index contributed by atoms with van der Waals surface area (Å²) in [4.78, 5) is 9.43. The zero-order valence-electron chi connectivity index (χ0n) is 15.0. The Labute approximate surface area is 148 Å². The van der Waals surface area contributed by atoms with Crippen LogP contribution in [-0.2, 0) is 0 Å². The van der Waals surface area contributed by atoms with Crippen LogP contribution in [0.3, 0.4) is 0 Å². The number of hydrogen-bond acceptors (Lipinski definition) is 4. The van der Waals surface area contributed by atoms with E-state index in [-0.39, 0.29) is 17.3 Å². The van der Waals surface area contributed by atoms with Crippen molar-refractivity contribution in [2.24, 2.45) is 5.41 Å². The fourth-order valence-corrected chi connectivity index (χ4v) is 4.64. The largest absolute Gasteiger partial charge is 0.392 e. The summed E-state index contributed by atoms with van der Waals surface area (Å²) in [6, 6.07) is 6.83. The van der Waals surface area contributed by atoms with Crippen molar-refractivity contribution in [3.8, 4) is 0 Å². The SMILES string of the molecule is Cc1cc(N2CCC[C@]3(CN(C)CC[C@@H]3O)C2)nc2ccc(F)cc12. The molecule has 0 unspecified atom stereocenters. The molecule has 1 spiro atoms. The third-order valence-corrected chi connectivity index (χ3v) is 5.97. The molecule has 2 aliphatic heterocycles. The van der Waals surface area contributed by atoms with Gasteiger partial charge < -0.3 is 14.9 Å². The number of fused-ring (bicyclic) bond motifs is 1. The molecule has 0 aliphatic carbocycles. The average molecular weight is 343 g/mol. The number of likely N-dealkylation sites (tertiary alicyclic amines) is 1. The van der Waals surface area contributed by atoms with Crippen LogP contribution in [0, 0.1) is 18.2 Å². The maximum Gasteiger partial charge on any atom is 0.129 e. The number of rotatable bonds is 1. The second kappa shape index (κ2) is 6.22. The van der Waals surface area contributed by atoms with Crippen LogP contribution in [0.1, 0.15) is 24.8 Å². The van der Waals surface area contributed by atoms with E-state index in [0.717, 1.165) is 67.7 Å². The highest BCUT2D eigenvalue weighted by atomic mass is 19.1. The molecular formula is C20H26FN3O. The van der Waals surface area contributed by atoms with Crippen molar-refractivity contribution in [2.75, 3.05) is 38.1 Å². The number of piperidine rings is 2. The summed E-state index contributed by atoms with van der Waals surface area (Å²) < 4.78 is 13.5. The van der Waals surface area contributed by atoms with E-state index in [1.807, 2.05) is 6.92 Å². The van der Waals surface area contributed by atoms with Crippen LogP contribution in [0.5, 0.6) is 0 Å². The molecule has 3 heterocycles. The number of pyridine rings is 1. The van der Waals surface area contributed by atoms with Crippen LogP contribution in [0.4, 0.5) is 10.2 Å². The fourth-order valence-electron chi connectivity index (χ4n) is 4.64. The lowest BCUT2D eigenvalue weighted by atomic mass is 9.71. The van der Waals surface area contributed by atoms with Crippen LogP contribution in [-0.4, -0.2) is 54.3 Å². The Balaban J connectivity index is 1.67. The Morgan fingerprint density at radius 1 is 1.24 bits per heavy atom. The Bertz CT molecular complexity index is 796. The molecule has 5 heteroatoms. The number of aryl methyl sites for hydroxylation is 1. The van der Waals surface area contributed by atoms with E-state index in [0.29, 0.717) is 0 Å². The summed E-state index contributed by atoms with van der Waals surface area (Å²) in [6.07, 6.45) is 2.72. The van der Waals surface area contributed by atoms with Gasteiger partial charge in [-0.2, -0.15) is 0 Å². The molecule has 4 rings (SSSR count). The van der Waals surface area contributed by atoms with Crippen LogP contribution < -0.4 is 4.90 Å². The summed E-state index contributed by atoms with van der Waals surface area (Å²) in [7, 11) is 2.14. The van der Waals surface area contributed by atoms with E-state index in [4.69, 9.17) is 4.98 Å². The summed E-state index contributed by atoms with van der Waals surface area (Å²) in [6.45, 7) is 5.69. The van der Waals surface area contributed by atoms with E-state index in [2.05, 4.69) is 22.9 Å². The number of aliphatic hydroxyl groups excluding tert-OH is 1. The van der Waals surface area contributed by atoms with Gasteiger partial charge >= 0.3 is 0 Å². The molecule has 2 fully saturated rings. The summed E-state index contributed by atoms with van der Waals surface area (Å²) in [5.41, 5.74) is 1.80. The molecule has 4 nitrogen and oxygen atoms in total. The molecule has 1 aromatic carbocycles. The van der Waals surface area contributed by atoms with E-state index < -0.39 is 0 Å². The number of benzene rings is 1. The van der Waals surface area contributed by atoms with Crippen LogP contribution in [0.25, 0.3) is 10.9 Å². The smallest absolute Gasteiger partial charge is 0.129 e. The number of halogens is 1. The monoisotopic (exact) mass is 343 g/mol. The number of hydrogen-bond donors (Lipinski definition) is 1. The molecule has 0 radical (unpaired) electrons. The molecule has 1 N–H and O–H groups in total. The van der Waals surface area contributed by atoms with Crippen molar-refractivity contribution >= 4 is 16.7 Å². The second-order valence-corrected chi connectivity index (χ2v) is 7.89. The van der Waals surface area contributed by atoms with Gasteiger partial charge in [0.15, 0.2) is 0 Å². The summed E-state index contributed by atoms with van der Waals surface area (Å²) >= 11 is 0. The Kier molecular flexibility index (Phi) is 4.16. The maximum atomic E-state index is 13.5. The van der Waals surface area contributed by atoms with E-state index in [1.54, 1.807) is 12.1 Å². The maximum absolute atomic E-state index is 13.5. The Morgan fingerprint density at radius 3 is 2.92 bits per heavy atom. The Morgan fingerprint density at radius 2 is 2.08 bits per heavy atom. The molecule has 2 aromatic rings. The van der Waals surface area contributed by atoms with Gasteiger partial charge in [-0.25, -0.2) is 9.37 Å². The molecule has 2 atom stereocenters. The van der Waals surface area contributed by atoms with E-state index in [1.165, 1.54) is 6.07 Å². The minimum absolute atomic E-state index is 0.0708. The van der Waals surface area contributed by atoms with Gasteiger partial charge in [0.2, 0.25) is 0 Å². The summed E-state index contributed by atoms with van der Waals surface area (Å²) in [5.74, 6) is 0.714. The lowest BCUT2D eigenvalue weighted by molar-refractivity contribution is -0.0466. The van der Waals surface area contributed by atoms with E-state index >= 15 is 0 Å². The van der Waals surface area contributed by atoms with Gasteiger partial charge in [-0.15, -0.1) is 0 Å². The van der Waals surface area contributed by atoms with Gasteiger partial charge in [-0.05, 0) is 63.1 Å². The number of nitrogens with zero attached hydrogens (tertiary/aromatic N) is 3. The lowest BCUT2D eigenvalue weighted by Gasteiger charge is -2.50. The zero-order valence-corrected chi connectivity index (χ0v) is 15.0. The molecule has 2 saturated heterocycles. The first kappa shape index (κ1) is 16.7. The first-order valence-electron chi connectivity index (χ1n) is 9.15. The highest BCUT2D eigenvalue weighted by Gasteiger charge is 2.45. The predicted octanol–water partition coefficient (Wildman–Crippen LogP) is 2.97. The van der Waals surface area contributed by atoms with Gasteiger partial charge in [0.25, 0.3) is 0 Å². The minimum atomic E-state index is -0.248. The third-order valence-electron chi connectivity index (χ3n) is 5.97. The third kappa shape index (κ3) is 3.00. The van der Waals surface area contributed by atoms with Gasteiger partial charge in [-0.1, -0.05) is 0 Å². The van der Waals surface area contributed by atoms with Crippen molar-refractivity contribution in [3.05, 3.63) is 35.6 Å². The van der Waals surface area contributed by atoms with Gasteiger partial charge in [0, 0.05) is 37.0 Å². The van der Waals surface area contributed by atoms with Crippen molar-refractivity contribution in [1.82, 2.24) is 9.88 Å². The second-order valence-electron chi connectivity index (χ2n) is 7.89. The summed E-state index contributed by atoms with van der Waals surface area (Å²) in [5, 5.41) is 11.6. The predicted molar refractivity (Wildman–Crippen MR) is 98.4 cm³/mol. The lowest BCUT2D eigenvalue weighted by Crippen LogP contribution is -2.58. The first-order valence-corrected chi connectivity index (χ1v) is 9.15. The zero-order chi connectivity index (χ0) is 17.6. The number of aliphatic hydroxyl groups is 1. The quantitative estimate of drug-likeness (QED) is 0.864. The topological polar surface area (TPSA) is 39.6 Å². The van der Waals surface area contributed by atoms with Crippen molar-refractivity contribution in [3.63, 3.8) is 0 Å². The molecule has 0 amide bonds. The van der Waals surface area contributed by atoms with Gasteiger partial charge in [-0.3, -0.25) is 0 Å². The normalized spacial score (nSPS) is 28.0. The van der Waals surface area contributed by atoms with Crippen LogP contribution in [0.15, 0.2) is 24.3 Å². The molecule has 0 bridgehead atoms. The molecule has 134 valence electrons. The van der Waals surface area contributed by atoms with Crippen LogP contribution >= 0.6 is 0 Å². The van der Waals surface area contributed by atoms with Crippen molar-refractivity contribution < 1.29 is 9.50 Å². The highest BCUT2D eigenvalue weighted by molar-refractivity contribution is 5.84. The number of anilines is 1. The molecule has 0 saturated carbocycles. The van der Waals surface area contributed by atoms with E-state index in [9.17, 15) is 9.50 Å². The fraction of sp³-hybridized carbons (Fsp3) is 0.550. The average Bonchev–Trinajstić information content (AvgIpc) is 2.59. The highest BCUT2D eigenvalue weighted by Crippen LogP contribution is 2.40. The standard InChI is InChI=1S/C20H26FN3O/c1-14-10-19(22-17-5-4-15(21)11-16(14)17)24-8-3-7-20(13-24)12-23(2)9-6-18(20)25/h4-5,10-11,18,25H,3,6-9,12-13H2,1-2H3/t18-,20-/m0/s1. The van der Waals surface area contributed by atoms with Crippen molar-refractivity contribution in [2.45, 2.75) is 32.3 Å². The molecule has 25 heavy (non-hydrogen) atoms.